The summed E-state index contributed by atoms with van der Waals surface area (Å²) in [6, 6.07) is 17.0. The van der Waals surface area contributed by atoms with E-state index in [0.29, 0.717) is 19.8 Å². The van der Waals surface area contributed by atoms with Crippen molar-refractivity contribution in [2.45, 2.75) is 24.2 Å². The average Bonchev–Trinajstić information content (AvgIpc) is 3.16. The molecule has 7 nitrogen and oxygen atoms in total. The minimum Gasteiger partial charge on any atom is -0.443 e. The summed E-state index contributed by atoms with van der Waals surface area (Å²) in [4.78, 5) is 15.4. The van der Waals surface area contributed by atoms with Crippen LogP contribution in [0.5, 0.6) is 6.01 Å². The van der Waals surface area contributed by atoms with Crippen LogP contribution in [0.4, 0.5) is 5.82 Å². The van der Waals surface area contributed by atoms with E-state index in [2.05, 4.69) is 47.6 Å². The highest BCUT2D eigenvalue weighted by molar-refractivity contribution is 7.98. The summed E-state index contributed by atoms with van der Waals surface area (Å²) in [5.41, 5.74) is 3.37. The lowest BCUT2D eigenvalue weighted by Gasteiger charge is -2.22. The van der Waals surface area contributed by atoms with Crippen LogP contribution in [0.2, 0.25) is 0 Å². The fourth-order valence-electron chi connectivity index (χ4n) is 3.10. The van der Waals surface area contributed by atoms with E-state index < -0.39 is 4.92 Å². The molecule has 0 bridgehead atoms. The summed E-state index contributed by atoms with van der Waals surface area (Å²) in [5.74, 6) is -0.212. The molecule has 4 rings (SSSR count). The van der Waals surface area contributed by atoms with Crippen LogP contribution in [-0.2, 0) is 17.9 Å². The molecule has 0 radical (unpaired) electrons. The largest absolute Gasteiger partial charge is 0.443 e. The molecule has 144 valence electrons. The second kappa shape index (κ2) is 8.04. The molecule has 0 unspecified atom stereocenters. The number of ether oxygens (including phenoxy) is 2. The third-order valence-electron chi connectivity index (χ3n) is 4.55. The number of rotatable bonds is 6. The van der Waals surface area contributed by atoms with Crippen molar-refractivity contribution < 1.29 is 14.4 Å². The Balaban J connectivity index is 1.40. The third-order valence-corrected chi connectivity index (χ3v) is 5.29. The number of fused-ring (bicyclic) bond motifs is 1. The molecule has 0 saturated carbocycles. The van der Waals surface area contributed by atoms with Gasteiger partial charge in [-0.05, 0) is 46.1 Å². The van der Waals surface area contributed by atoms with Gasteiger partial charge in [-0.25, -0.2) is 0 Å². The Kier molecular flexibility index (Phi) is 5.31. The number of aromatic nitrogens is 2. The van der Waals surface area contributed by atoms with Gasteiger partial charge in [0.2, 0.25) is 0 Å². The summed E-state index contributed by atoms with van der Waals surface area (Å²) >= 11 is 1.72. The molecule has 2 heterocycles. The zero-order valence-electron chi connectivity index (χ0n) is 15.3. The molecule has 8 heteroatoms. The first-order valence-electron chi connectivity index (χ1n) is 8.82. The van der Waals surface area contributed by atoms with Gasteiger partial charge in [-0.15, -0.1) is 11.8 Å². The highest BCUT2D eigenvalue weighted by Crippen LogP contribution is 2.25. The molecule has 28 heavy (non-hydrogen) atoms. The smallest absolute Gasteiger partial charge is 0.414 e. The van der Waals surface area contributed by atoms with Crippen LogP contribution in [0.3, 0.4) is 0 Å². The highest BCUT2D eigenvalue weighted by Gasteiger charge is 2.28. The molecule has 0 aliphatic carbocycles. The monoisotopic (exact) mass is 397 g/mol. The van der Waals surface area contributed by atoms with Gasteiger partial charge in [0.15, 0.2) is 0 Å². The van der Waals surface area contributed by atoms with Gasteiger partial charge in [0.25, 0.3) is 0 Å². The lowest BCUT2D eigenvalue weighted by Crippen LogP contribution is -2.32. The molecule has 1 aliphatic rings. The number of imidazole rings is 1. The first-order valence-corrected chi connectivity index (χ1v) is 10.0. The van der Waals surface area contributed by atoms with Crippen molar-refractivity contribution in [1.29, 1.82) is 0 Å². The van der Waals surface area contributed by atoms with Crippen LogP contribution in [0.1, 0.15) is 5.56 Å². The summed E-state index contributed by atoms with van der Waals surface area (Å²) in [5, 5.41) is 10.8. The van der Waals surface area contributed by atoms with Crippen molar-refractivity contribution in [1.82, 2.24) is 9.55 Å². The maximum atomic E-state index is 10.8. The topological polar surface area (TPSA) is 79.4 Å². The van der Waals surface area contributed by atoms with Gasteiger partial charge in [-0.1, -0.05) is 30.3 Å². The van der Waals surface area contributed by atoms with Crippen molar-refractivity contribution >= 4 is 17.6 Å². The van der Waals surface area contributed by atoms with Gasteiger partial charge in [0.05, 0.1) is 13.2 Å². The number of nitro groups is 1. The summed E-state index contributed by atoms with van der Waals surface area (Å²) < 4.78 is 13.1. The maximum absolute atomic E-state index is 10.8. The fraction of sp³-hybridized carbons (Fsp3) is 0.250. The molecule has 1 aliphatic heterocycles. The van der Waals surface area contributed by atoms with Crippen LogP contribution in [-0.4, -0.2) is 33.4 Å². The Labute approximate surface area is 166 Å². The summed E-state index contributed by atoms with van der Waals surface area (Å²) in [6.45, 7) is 1.24. The average molecular weight is 397 g/mol. The van der Waals surface area contributed by atoms with E-state index in [9.17, 15) is 10.1 Å². The molecule has 1 aromatic heterocycles. The van der Waals surface area contributed by atoms with E-state index in [-0.39, 0.29) is 17.9 Å². The zero-order chi connectivity index (χ0) is 19.5. The molecule has 0 saturated heterocycles. The van der Waals surface area contributed by atoms with Crippen molar-refractivity contribution in [2.24, 2.45) is 0 Å². The Bertz CT molecular complexity index is 987. The second-order valence-corrected chi connectivity index (χ2v) is 7.34. The van der Waals surface area contributed by atoms with Crippen LogP contribution in [0.15, 0.2) is 59.6 Å². The summed E-state index contributed by atoms with van der Waals surface area (Å²) in [7, 11) is 0. The quantitative estimate of drug-likeness (QED) is 0.353. The van der Waals surface area contributed by atoms with Crippen LogP contribution in [0.25, 0.3) is 11.1 Å². The Morgan fingerprint density at radius 3 is 2.86 bits per heavy atom. The van der Waals surface area contributed by atoms with E-state index in [1.54, 1.807) is 16.3 Å². The van der Waals surface area contributed by atoms with Crippen LogP contribution < -0.4 is 4.74 Å². The highest BCUT2D eigenvalue weighted by atomic mass is 32.2. The van der Waals surface area contributed by atoms with Crippen LogP contribution >= 0.6 is 11.8 Å². The molecule has 1 atom stereocenters. The van der Waals surface area contributed by atoms with E-state index in [1.807, 2.05) is 12.1 Å². The number of thioether (sulfide) groups is 1. The predicted octanol–water partition coefficient (Wildman–Crippen LogP) is 4.16. The number of hydrogen-bond donors (Lipinski definition) is 0. The van der Waals surface area contributed by atoms with E-state index in [1.165, 1.54) is 11.1 Å². The Morgan fingerprint density at radius 2 is 2.11 bits per heavy atom. The van der Waals surface area contributed by atoms with Crippen molar-refractivity contribution in [3.8, 4) is 17.1 Å². The predicted molar refractivity (Wildman–Crippen MR) is 107 cm³/mol. The van der Waals surface area contributed by atoms with Crippen molar-refractivity contribution in [2.75, 3.05) is 12.9 Å². The number of nitrogens with zero attached hydrogens (tertiary/aromatic N) is 3. The standard InChI is InChI=1S/C20H19N3O4S/c1-28-18-7-5-15(6-8-18)16-4-2-3-14(9-16)12-26-17-10-22-11-19(23(24)25)21-20(22)27-13-17/h2-9,11,17H,10,12-13H2,1H3/t17-/m0/s1. The molecular weight excluding hydrogens is 378 g/mol. The third kappa shape index (κ3) is 4.02. The van der Waals surface area contributed by atoms with Gasteiger partial charge >= 0.3 is 11.8 Å². The fourth-order valence-corrected chi connectivity index (χ4v) is 3.51. The summed E-state index contributed by atoms with van der Waals surface area (Å²) in [6.07, 6.45) is 3.25. The lowest BCUT2D eigenvalue weighted by molar-refractivity contribution is -0.389. The molecular formula is C20H19N3O4S. The van der Waals surface area contributed by atoms with Crippen molar-refractivity contribution in [3.63, 3.8) is 0 Å². The van der Waals surface area contributed by atoms with Gasteiger partial charge in [-0.3, -0.25) is 4.57 Å². The lowest BCUT2D eigenvalue weighted by atomic mass is 10.0. The van der Waals surface area contributed by atoms with Gasteiger partial charge in [-0.2, -0.15) is 0 Å². The minimum absolute atomic E-state index is 0.189. The Hall–Kier alpha value is -2.84. The molecule has 0 amide bonds. The molecule has 0 fully saturated rings. The second-order valence-electron chi connectivity index (χ2n) is 6.46. The first kappa shape index (κ1) is 18.5. The van der Waals surface area contributed by atoms with E-state index >= 15 is 0 Å². The normalized spacial score (nSPS) is 15.7. The van der Waals surface area contributed by atoms with Gasteiger partial charge < -0.3 is 19.6 Å². The van der Waals surface area contributed by atoms with Crippen molar-refractivity contribution in [3.05, 3.63) is 70.4 Å². The molecule has 0 N–H and O–H groups in total. The molecule has 0 spiro atoms. The zero-order valence-corrected chi connectivity index (χ0v) is 16.1. The van der Waals surface area contributed by atoms with E-state index in [4.69, 9.17) is 9.47 Å². The first-order chi connectivity index (χ1) is 13.6. The minimum atomic E-state index is -0.526. The maximum Gasteiger partial charge on any atom is 0.414 e. The van der Waals surface area contributed by atoms with Gasteiger partial charge in [0.1, 0.15) is 18.9 Å². The SMILES string of the molecule is CSc1ccc(-c2cccc(CO[C@@H]3COc4nc([N+](=O)[O-])cn4C3)c2)cc1. The Morgan fingerprint density at radius 1 is 1.29 bits per heavy atom. The number of hydrogen-bond acceptors (Lipinski definition) is 6. The number of benzene rings is 2. The molecule has 2 aromatic carbocycles. The van der Waals surface area contributed by atoms with E-state index in [0.717, 1.165) is 16.7 Å². The van der Waals surface area contributed by atoms with Crippen LogP contribution in [0, 0.1) is 10.1 Å². The van der Waals surface area contributed by atoms with Gasteiger partial charge in [0, 0.05) is 9.88 Å². The molecule has 3 aromatic rings.